The van der Waals surface area contributed by atoms with Crippen molar-refractivity contribution in [3.05, 3.63) is 72.6 Å². The van der Waals surface area contributed by atoms with Crippen LogP contribution in [0.3, 0.4) is 0 Å². The molecule has 0 aliphatic carbocycles. The lowest BCUT2D eigenvalue weighted by molar-refractivity contribution is 0.0907. The number of ketones is 1. The molecular weight excluding hydrogens is 376 g/mol. The van der Waals surface area contributed by atoms with E-state index in [9.17, 15) is 4.79 Å². The summed E-state index contributed by atoms with van der Waals surface area (Å²) in [5, 5.41) is 12.0. The monoisotopic (exact) mass is 402 g/mol. The molecule has 1 unspecified atom stereocenters. The number of nitrogens with zero attached hydrogens (tertiary/aromatic N) is 3. The molecule has 4 rings (SSSR count). The molecule has 0 bridgehead atoms. The van der Waals surface area contributed by atoms with Crippen LogP contribution in [0.5, 0.6) is 0 Å². The molecule has 1 aliphatic heterocycles. The highest BCUT2D eigenvalue weighted by molar-refractivity contribution is 5.98. The van der Waals surface area contributed by atoms with Crippen LogP contribution in [-0.2, 0) is 0 Å². The summed E-state index contributed by atoms with van der Waals surface area (Å²) in [5.41, 5.74) is 3.02. The molecule has 0 amide bonds. The minimum Gasteiger partial charge on any atom is -0.395 e. The van der Waals surface area contributed by atoms with Gasteiger partial charge in [-0.2, -0.15) is 0 Å². The van der Waals surface area contributed by atoms with Gasteiger partial charge in [0.2, 0.25) is 0 Å². The first-order chi connectivity index (χ1) is 14.7. The number of aromatic nitrogens is 2. The van der Waals surface area contributed by atoms with E-state index in [2.05, 4.69) is 32.3 Å². The molecule has 6 nitrogen and oxygen atoms in total. The van der Waals surface area contributed by atoms with E-state index in [0.717, 1.165) is 41.9 Å². The Morgan fingerprint density at radius 3 is 2.60 bits per heavy atom. The smallest absolute Gasteiger partial charge is 0.167 e. The number of carbonyl (C=O) groups excluding carboxylic acids is 1. The zero-order chi connectivity index (χ0) is 20.8. The lowest BCUT2D eigenvalue weighted by atomic mass is 9.89. The normalized spacial score (nSPS) is 16.3. The molecule has 6 heteroatoms. The van der Waals surface area contributed by atoms with Crippen molar-refractivity contribution in [2.24, 2.45) is 5.92 Å². The minimum atomic E-state index is -0.0508. The number of hydrogen-bond acceptors (Lipinski definition) is 6. The van der Waals surface area contributed by atoms with E-state index < -0.39 is 0 Å². The fourth-order valence-electron chi connectivity index (χ4n) is 3.89. The molecular formula is C24H26N4O2. The van der Waals surface area contributed by atoms with Gasteiger partial charge in [0.1, 0.15) is 18.0 Å². The lowest BCUT2D eigenvalue weighted by Crippen LogP contribution is -2.39. The first kappa shape index (κ1) is 20.0. The molecule has 1 aliphatic rings. The average molecular weight is 402 g/mol. The van der Waals surface area contributed by atoms with E-state index in [0.29, 0.717) is 18.9 Å². The Hall–Kier alpha value is -3.25. The second-order valence-electron chi connectivity index (χ2n) is 7.50. The molecule has 0 saturated carbocycles. The van der Waals surface area contributed by atoms with Crippen LogP contribution in [0.1, 0.15) is 23.2 Å². The second-order valence-corrected chi connectivity index (χ2v) is 7.50. The van der Waals surface area contributed by atoms with Crippen molar-refractivity contribution in [2.75, 3.05) is 36.5 Å². The fraction of sp³-hybridized carbons (Fsp3) is 0.292. The van der Waals surface area contributed by atoms with E-state index in [-0.39, 0.29) is 18.3 Å². The Morgan fingerprint density at radius 2 is 1.83 bits per heavy atom. The Balaban J connectivity index is 1.45. The molecule has 1 aromatic heterocycles. The van der Waals surface area contributed by atoms with Crippen molar-refractivity contribution in [2.45, 2.75) is 12.8 Å². The number of rotatable bonds is 7. The lowest BCUT2D eigenvalue weighted by Gasteiger charge is -2.33. The Morgan fingerprint density at radius 1 is 1.07 bits per heavy atom. The van der Waals surface area contributed by atoms with Crippen molar-refractivity contribution in [1.29, 1.82) is 0 Å². The molecule has 2 aromatic carbocycles. The van der Waals surface area contributed by atoms with Gasteiger partial charge in [-0.15, -0.1) is 0 Å². The third-order valence-corrected chi connectivity index (χ3v) is 5.46. The first-order valence-corrected chi connectivity index (χ1v) is 10.4. The van der Waals surface area contributed by atoms with Gasteiger partial charge >= 0.3 is 0 Å². The summed E-state index contributed by atoms with van der Waals surface area (Å²) in [6.45, 7) is 2.00. The van der Waals surface area contributed by atoms with Crippen molar-refractivity contribution in [3.8, 4) is 11.1 Å². The number of Topliss-reactive ketones (excluding diaryl/α,β-unsaturated/α-hetero) is 1. The van der Waals surface area contributed by atoms with Crippen molar-refractivity contribution < 1.29 is 9.90 Å². The number of nitrogens with one attached hydrogen (secondary N) is 1. The van der Waals surface area contributed by atoms with Crippen LogP contribution in [0.25, 0.3) is 11.1 Å². The zero-order valence-electron chi connectivity index (χ0n) is 16.9. The Labute approximate surface area is 176 Å². The summed E-state index contributed by atoms with van der Waals surface area (Å²) in [4.78, 5) is 23.8. The molecule has 2 N–H and O–H groups in total. The van der Waals surface area contributed by atoms with Crippen LogP contribution < -0.4 is 10.2 Å². The molecule has 2 heterocycles. The van der Waals surface area contributed by atoms with Crippen LogP contribution in [0, 0.1) is 5.92 Å². The second kappa shape index (κ2) is 9.50. The topological polar surface area (TPSA) is 78.4 Å². The highest BCUT2D eigenvalue weighted by atomic mass is 16.3. The summed E-state index contributed by atoms with van der Waals surface area (Å²) in [6.07, 6.45) is 3.35. The van der Waals surface area contributed by atoms with Gasteiger partial charge in [0, 0.05) is 37.2 Å². The van der Waals surface area contributed by atoms with Gasteiger partial charge in [-0.05, 0) is 24.0 Å². The van der Waals surface area contributed by atoms with E-state index in [1.54, 1.807) is 0 Å². The first-order valence-electron chi connectivity index (χ1n) is 10.4. The largest absolute Gasteiger partial charge is 0.395 e. The quantitative estimate of drug-likeness (QED) is 0.588. The molecule has 0 spiro atoms. The van der Waals surface area contributed by atoms with Crippen LogP contribution in [0.2, 0.25) is 0 Å². The Bertz CT molecular complexity index is 976. The maximum atomic E-state index is 13.1. The van der Waals surface area contributed by atoms with Crippen LogP contribution >= 0.6 is 0 Å². The third kappa shape index (κ3) is 4.66. The summed E-state index contributed by atoms with van der Waals surface area (Å²) in [6, 6.07) is 20.0. The average Bonchev–Trinajstić information content (AvgIpc) is 2.83. The van der Waals surface area contributed by atoms with Gasteiger partial charge in [0.05, 0.1) is 6.61 Å². The van der Waals surface area contributed by atoms with Gasteiger partial charge in [-0.25, -0.2) is 9.97 Å². The van der Waals surface area contributed by atoms with Gasteiger partial charge in [0.15, 0.2) is 5.78 Å². The van der Waals surface area contributed by atoms with Gasteiger partial charge in [-0.1, -0.05) is 54.6 Å². The summed E-state index contributed by atoms with van der Waals surface area (Å²) >= 11 is 0. The number of anilines is 2. The van der Waals surface area contributed by atoms with Crippen molar-refractivity contribution in [3.63, 3.8) is 0 Å². The molecule has 1 saturated heterocycles. The predicted molar refractivity (Wildman–Crippen MR) is 119 cm³/mol. The zero-order valence-corrected chi connectivity index (χ0v) is 16.9. The minimum absolute atomic E-state index is 0.0443. The van der Waals surface area contributed by atoms with Gasteiger partial charge < -0.3 is 15.3 Å². The highest BCUT2D eigenvalue weighted by Crippen LogP contribution is 2.26. The summed E-state index contributed by atoms with van der Waals surface area (Å²) in [5.74, 6) is 1.62. The SMILES string of the molecule is O=C(c1ccc(-c2ccccc2)cc1)C1CCCN(c2cc(NCCO)ncn2)C1. The van der Waals surface area contributed by atoms with Crippen LogP contribution in [0.15, 0.2) is 67.0 Å². The Kier molecular flexibility index (Phi) is 6.35. The van der Waals surface area contributed by atoms with Crippen LogP contribution in [0.4, 0.5) is 11.6 Å². The molecule has 3 aromatic rings. The number of piperidine rings is 1. The number of benzene rings is 2. The molecule has 0 radical (unpaired) electrons. The highest BCUT2D eigenvalue weighted by Gasteiger charge is 2.27. The van der Waals surface area contributed by atoms with Gasteiger partial charge in [-0.3, -0.25) is 4.79 Å². The molecule has 154 valence electrons. The standard InChI is InChI=1S/C24H26N4O2/c29-14-12-25-22-15-23(27-17-26-22)28-13-4-7-21(16-28)24(30)20-10-8-19(9-11-20)18-5-2-1-3-6-18/h1-3,5-6,8-11,15,17,21,29H,4,7,12-14,16H2,(H,25,26,27). The van der Waals surface area contributed by atoms with Crippen molar-refractivity contribution >= 4 is 17.4 Å². The maximum absolute atomic E-state index is 13.1. The third-order valence-electron chi connectivity index (χ3n) is 5.46. The van der Waals surface area contributed by atoms with Crippen molar-refractivity contribution in [1.82, 2.24) is 9.97 Å². The fourth-order valence-corrected chi connectivity index (χ4v) is 3.89. The number of hydrogen-bond donors (Lipinski definition) is 2. The number of aliphatic hydroxyl groups excluding tert-OH is 1. The van der Waals surface area contributed by atoms with E-state index in [4.69, 9.17) is 5.11 Å². The van der Waals surface area contributed by atoms with Crippen LogP contribution in [-0.4, -0.2) is 47.1 Å². The van der Waals surface area contributed by atoms with E-state index in [1.165, 1.54) is 6.33 Å². The molecule has 30 heavy (non-hydrogen) atoms. The molecule has 1 fully saturated rings. The summed E-state index contributed by atoms with van der Waals surface area (Å²) < 4.78 is 0. The summed E-state index contributed by atoms with van der Waals surface area (Å²) in [7, 11) is 0. The number of aliphatic hydroxyl groups is 1. The number of carbonyl (C=O) groups is 1. The predicted octanol–water partition coefficient (Wildman–Crippen LogP) is 3.65. The maximum Gasteiger partial charge on any atom is 0.167 e. The van der Waals surface area contributed by atoms with Gasteiger partial charge in [0.25, 0.3) is 0 Å². The van der Waals surface area contributed by atoms with E-state index in [1.807, 2.05) is 48.5 Å². The molecule has 1 atom stereocenters. The van der Waals surface area contributed by atoms with E-state index >= 15 is 0 Å².